The van der Waals surface area contributed by atoms with E-state index in [1.807, 2.05) is 0 Å². The van der Waals surface area contributed by atoms with E-state index >= 15 is 0 Å². The molecule has 8 nitrogen and oxygen atoms in total. The number of carbonyl (C=O) groups is 1. The molecule has 0 radical (unpaired) electrons. The molecule has 0 aromatic carbocycles. The van der Waals surface area contributed by atoms with Crippen molar-refractivity contribution >= 4 is 5.91 Å². The molecule has 25 heavy (non-hydrogen) atoms. The number of rotatable bonds is 5. The lowest BCUT2D eigenvalue weighted by Crippen LogP contribution is -2.37. The Kier molecular flexibility index (Phi) is 5.06. The lowest BCUT2D eigenvalue weighted by molar-refractivity contribution is -0.121. The zero-order valence-electron chi connectivity index (χ0n) is 14.2. The molecule has 0 aliphatic heterocycles. The van der Waals surface area contributed by atoms with E-state index in [1.54, 1.807) is 19.1 Å². The number of nitrogens with one attached hydrogen (secondary N) is 1. The Balaban J connectivity index is 1.57. The molecule has 1 amide bonds. The van der Waals surface area contributed by atoms with Gasteiger partial charge in [0.15, 0.2) is 0 Å². The molecule has 2 aromatic rings. The van der Waals surface area contributed by atoms with Gasteiger partial charge in [0.05, 0.1) is 17.9 Å². The Bertz CT molecular complexity index is 900. The molecule has 1 aliphatic carbocycles. The van der Waals surface area contributed by atoms with Crippen LogP contribution in [-0.4, -0.2) is 32.0 Å². The summed E-state index contributed by atoms with van der Waals surface area (Å²) >= 11 is 0. The lowest BCUT2D eigenvalue weighted by atomic mass is 9.97. The molecule has 2 aromatic heterocycles. The van der Waals surface area contributed by atoms with E-state index in [-0.39, 0.29) is 30.1 Å². The number of hydrogen-bond acceptors (Lipinski definition) is 5. The first-order valence-corrected chi connectivity index (χ1v) is 8.44. The maximum atomic E-state index is 12.1. The summed E-state index contributed by atoms with van der Waals surface area (Å²) in [5.74, 6) is -0.328. The smallest absolute Gasteiger partial charge is 0.267 e. The summed E-state index contributed by atoms with van der Waals surface area (Å²) in [6.45, 7) is 2.17. The Labute approximate surface area is 144 Å². The summed E-state index contributed by atoms with van der Waals surface area (Å²) in [7, 11) is 0. The number of carbonyl (C=O) groups excluding carboxylic acids is 1. The van der Waals surface area contributed by atoms with Crippen LogP contribution in [0.2, 0.25) is 0 Å². The molecule has 1 aliphatic rings. The Morgan fingerprint density at radius 1 is 1.12 bits per heavy atom. The van der Waals surface area contributed by atoms with Gasteiger partial charge < -0.3 is 5.32 Å². The monoisotopic (exact) mass is 343 g/mol. The second-order valence-electron chi connectivity index (χ2n) is 6.21. The van der Waals surface area contributed by atoms with E-state index in [9.17, 15) is 14.4 Å². The summed E-state index contributed by atoms with van der Waals surface area (Å²) < 4.78 is 2.51. The zero-order chi connectivity index (χ0) is 17.8. The van der Waals surface area contributed by atoms with Crippen molar-refractivity contribution in [3.8, 4) is 0 Å². The van der Waals surface area contributed by atoms with Gasteiger partial charge in [0.25, 0.3) is 11.1 Å². The highest BCUT2D eigenvalue weighted by Gasteiger charge is 2.13. The maximum Gasteiger partial charge on any atom is 0.267 e. The fraction of sp³-hybridized carbons (Fsp3) is 0.471. The van der Waals surface area contributed by atoms with Crippen LogP contribution in [0.5, 0.6) is 0 Å². The van der Waals surface area contributed by atoms with Crippen molar-refractivity contribution in [1.82, 2.24) is 24.9 Å². The Hall–Kier alpha value is -2.77. The minimum atomic E-state index is -0.328. The minimum Gasteiger partial charge on any atom is -0.353 e. The molecular formula is C17H21N5O3. The molecular weight excluding hydrogens is 322 g/mol. The zero-order valence-corrected chi connectivity index (χ0v) is 14.2. The second kappa shape index (κ2) is 7.42. The largest absolute Gasteiger partial charge is 0.353 e. The van der Waals surface area contributed by atoms with Crippen molar-refractivity contribution in [2.24, 2.45) is 0 Å². The quantitative estimate of drug-likeness (QED) is 0.811. The summed E-state index contributed by atoms with van der Waals surface area (Å²) in [5, 5.41) is 11.1. The van der Waals surface area contributed by atoms with Crippen LogP contribution in [0.4, 0.5) is 0 Å². The fourth-order valence-electron chi connectivity index (χ4n) is 2.92. The predicted molar refractivity (Wildman–Crippen MR) is 91.4 cm³/mol. The number of fused-ring (bicyclic) bond motifs is 1. The molecule has 0 spiro atoms. The van der Waals surface area contributed by atoms with E-state index in [1.165, 1.54) is 10.7 Å². The van der Waals surface area contributed by atoms with Crippen molar-refractivity contribution < 1.29 is 4.79 Å². The van der Waals surface area contributed by atoms with Gasteiger partial charge in [-0.2, -0.15) is 10.2 Å². The van der Waals surface area contributed by atoms with Gasteiger partial charge in [-0.25, -0.2) is 9.36 Å². The average molecular weight is 343 g/mol. The summed E-state index contributed by atoms with van der Waals surface area (Å²) in [5.41, 5.74) is 2.21. The first-order valence-electron chi connectivity index (χ1n) is 8.44. The minimum absolute atomic E-state index is 0.146. The van der Waals surface area contributed by atoms with E-state index in [0.29, 0.717) is 12.2 Å². The molecule has 3 rings (SSSR count). The third-order valence-electron chi connectivity index (χ3n) is 4.21. The van der Waals surface area contributed by atoms with Crippen LogP contribution >= 0.6 is 0 Å². The highest BCUT2D eigenvalue weighted by molar-refractivity contribution is 5.75. The van der Waals surface area contributed by atoms with Gasteiger partial charge >= 0.3 is 0 Å². The first-order chi connectivity index (χ1) is 12.0. The molecule has 0 atom stereocenters. The number of nitrogens with zero attached hydrogens (tertiary/aromatic N) is 4. The highest BCUT2D eigenvalue weighted by Crippen LogP contribution is 2.16. The summed E-state index contributed by atoms with van der Waals surface area (Å²) in [4.78, 5) is 35.7. The number of aryl methyl sites for hydroxylation is 3. The fourth-order valence-corrected chi connectivity index (χ4v) is 2.92. The SMILES string of the molecule is Cc1ccc(=O)n(CC(=O)NCCn2nc3c(cc2=O)CCCC3)n1. The molecule has 0 saturated carbocycles. The normalized spacial score (nSPS) is 13.3. The van der Waals surface area contributed by atoms with Gasteiger partial charge in [-0.15, -0.1) is 0 Å². The standard InChI is InChI=1S/C17H21N5O3/c1-12-6-7-16(24)22(19-12)11-15(23)18-8-9-21-17(25)10-13-4-2-3-5-14(13)20-21/h6-7,10H,2-5,8-9,11H2,1H3,(H,18,23). The maximum absolute atomic E-state index is 12.1. The van der Waals surface area contributed by atoms with Crippen LogP contribution < -0.4 is 16.4 Å². The van der Waals surface area contributed by atoms with Gasteiger partial charge in [0.2, 0.25) is 5.91 Å². The number of aromatic nitrogens is 4. The molecule has 0 fully saturated rings. The third kappa shape index (κ3) is 4.20. The second-order valence-corrected chi connectivity index (χ2v) is 6.21. The van der Waals surface area contributed by atoms with Crippen LogP contribution in [0.15, 0.2) is 27.8 Å². The van der Waals surface area contributed by atoms with E-state index < -0.39 is 0 Å². The summed E-state index contributed by atoms with van der Waals surface area (Å²) in [6.07, 6.45) is 3.99. The summed E-state index contributed by atoms with van der Waals surface area (Å²) in [6, 6.07) is 4.64. The predicted octanol–water partition coefficient (Wildman–Crippen LogP) is -0.196. The molecule has 0 bridgehead atoms. The van der Waals surface area contributed by atoms with Gasteiger partial charge in [-0.05, 0) is 44.2 Å². The number of hydrogen-bond donors (Lipinski definition) is 1. The Morgan fingerprint density at radius 2 is 1.92 bits per heavy atom. The van der Waals surface area contributed by atoms with Crippen molar-refractivity contribution in [3.63, 3.8) is 0 Å². The van der Waals surface area contributed by atoms with Crippen LogP contribution in [-0.2, 0) is 30.7 Å². The van der Waals surface area contributed by atoms with E-state index in [0.717, 1.165) is 41.6 Å². The van der Waals surface area contributed by atoms with E-state index in [4.69, 9.17) is 0 Å². The Morgan fingerprint density at radius 3 is 2.76 bits per heavy atom. The van der Waals surface area contributed by atoms with Gasteiger partial charge in [-0.3, -0.25) is 14.4 Å². The molecule has 1 N–H and O–H groups in total. The molecule has 132 valence electrons. The van der Waals surface area contributed by atoms with E-state index in [2.05, 4.69) is 15.5 Å². The van der Waals surface area contributed by atoms with Crippen LogP contribution in [0.25, 0.3) is 0 Å². The van der Waals surface area contributed by atoms with Gasteiger partial charge in [-0.1, -0.05) is 0 Å². The molecule has 0 unspecified atom stereocenters. The van der Waals surface area contributed by atoms with Crippen LogP contribution in [0.3, 0.4) is 0 Å². The topological polar surface area (TPSA) is 98.9 Å². The molecule has 0 saturated heterocycles. The van der Waals surface area contributed by atoms with Crippen molar-refractivity contribution in [1.29, 1.82) is 0 Å². The van der Waals surface area contributed by atoms with Crippen molar-refractivity contribution in [3.05, 3.63) is 55.9 Å². The lowest BCUT2D eigenvalue weighted by Gasteiger charge is -2.16. The highest BCUT2D eigenvalue weighted by atomic mass is 16.2. The average Bonchev–Trinajstić information content (AvgIpc) is 2.58. The first kappa shape index (κ1) is 17.1. The van der Waals surface area contributed by atoms with Gasteiger partial charge in [0.1, 0.15) is 6.54 Å². The third-order valence-corrected chi connectivity index (χ3v) is 4.21. The van der Waals surface area contributed by atoms with Gasteiger partial charge in [0, 0.05) is 18.7 Å². The number of amides is 1. The van der Waals surface area contributed by atoms with Crippen molar-refractivity contribution in [2.45, 2.75) is 45.7 Å². The van der Waals surface area contributed by atoms with Crippen molar-refractivity contribution in [2.75, 3.05) is 6.54 Å². The molecule has 8 heteroatoms. The molecule has 2 heterocycles. The van der Waals surface area contributed by atoms with Crippen LogP contribution in [0.1, 0.15) is 29.8 Å². The van der Waals surface area contributed by atoms with Crippen LogP contribution in [0, 0.1) is 6.92 Å².